The van der Waals surface area contributed by atoms with Crippen molar-refractivity contribution in [2.24, 2.45) is 5.73 Å². The van der Waals surface area contributed by atoms with E-state index in [2.05, 4.69) is 14.8 Å². The average molecular weight is 273 g/mol. The fraction of sp³-hybridized carbons (Fsp3) is 0.600. The first-order valence-corrected chi connectivity index (χ1v) is 7.45. The highest BCUT2D eigenvalue weighted by Crippen LogP contribution is 2.24. The summed E-state index contributed by atoms with van der Waals surface area (Å²) >= 11 is 0. The molecule has 2 aliphatic heterocycles. The summed E-state index contributed by atoms with van der Waals surface area (Å²) in [4.78, 5) is 9.63. The third kappa shape index (κ3) is 2.63. The van der Waals surface area contributed by atoms with Crippen LogP contribution in [0.5, 0.6) is 0 Å². The minimum atomic E-state index is 0.120. The molecule has 5 nitrogen and oxygen atoms in total. The Morgan fingerprint density at radius 3 is 2.90 bits per heavy atom. The average Bonchev–Trinajstić information content (AvgIpc) is 2.75. The van der Waals surface area contributed by atoms with E-state index in [4.69, 9.17) is 11.1 Å². The molecule has 2 aliphatic rings. The van der Waals surface area contributed by atoms with Crippen LogP contribution in [0, 0.1) is 12.3 Å². The number of aryl methyl sites for hydroxylation is 1. The van der Waals surface area contributed by atoms with Gasteiger partial charge in [-0.15, -0.1) is 0 Å². The maximum Gasteiger partial charge on any atom is 0.129 e. The van der Waals surface area contributed by atoms with Gasteiger partial charge in [-0.3, -0.25) is 10.3 Å². The Bertz CT molecular complexity index is 513. The van der Waals surface area contributed by atoms with Gasteiger partial charge in [0.2, 0.25) is 0 Å². The molecule has 1 unspecified atom stereocenters. The molecule has 108 valence electrons. The van der Waals surface area contributed by atoms with E-state index in [1.165, 1.54) is 32.4 Å². The second kappa shape index (κ2) is 5.40. The second-order valence-electron chi connectivity index (χ2n) is 5.90. The molecule has 0 amide bonds. The summed E-state index contributed by atoms with van der Waals surface area (Å²) in [5.41, 5.74) is 7.33. The molecule has 20 heavy (non-hydrogen) atoms. The summed E-state index contributed by atoms with van der Waals surface area (Å²) in [6, 6.07) is 4.51. The standard InChI is InChI=1S/C15H23N5/c1-11-8-12(15(16)17)9-14(18-11)20-7-3-6-19-5-2-4-13(19)10-20/h8-9,13H,2-7,10H2,1H3,(H3,16,17). The van der Waals surface area contributed by atoms with Crippen LogP contribution in [0.1, 0.15) is 30.5 Å². The maximum atomic E-state index is 7.63. The molecule has 1 aromatic heterocycles. The predicted molar refractivity (Wildman–Crippen MR) is 81.4 cm³/mol. The molecule has 3 N–H and O–H groups in total. The van der Waals surface area contributed by atoms with E-state index in [1.54, 1.807) is 0 Å². The molecule has 0 bridgehead atoms. The molecule has 0 radical (unpaired) electrons. The number of aromatic nitrogens is 1. The van der Waals surface area contributed by atoms with Crippen LogP contribution in [0.2, 0.25) is 0 Å². The Morgan fingerprint density at radius 1 is 1.30 bits per heavy atom. The minimum absolute atomic E-state index is 0.120. The molecule has 0 aromatic carbocycles. The monoisotopic (exact) mass is 273 g/mol. The number of pyridine rings is 1. The van der Waals surface area contributed by atoms with Crippen molar-refractivity contribution in [3.8, 4) is 0 Å². The van der Waals surface area contributed by atoms with E-state index >= 15 is 0 Å². The highest BCUT2D eigenvalue weighted by atomic mass is 15.3. The molecule has 0 saturated carbocycles. The lowest BCUT2D eigenvalue weighted by Gasteiger charge is -2.27. The summed E-state index contributed by atoms with van der Waals surface area (Å²) in [5.74, 6) is 1.10. The third-order valence-corrected chi connectivity index (χ3v) is 4.38. The molecule has 3 rings (SSSR count). The normalized spacial score (nSPS) is 23.4. The SMILES string of the molecule is Cc1cc(C(=N)N)cc(N2CCCN3CCCC3C2)n1. The van der Waals surface area contributed by atoms with Crippen molar-refractivity contribution < 1.29 is 0 Å². The number of nitrogens with two attached hydrogens (primary N) is 1. The van der Waals surface area contributed by atoms with Gasteiger partial charge in [-0.25, -0.2) is 4.98 Å². The van der Waals surface area contributed by atoms with Gasteiger partial charge in [0.25, 0.3) is 0 Å². The quantitative estimate of drug-likeness (QED) is 0.630. The molecule has 0 aliphatic carbocycles. The third-order valence-electron chi connectivity index (χ3n) is 4.38. The van der Waals surface area contributed by atoms with E-state index in [9.17, 15) is 0 Å². The number of hydrogen-bond donors (Lipinski definition) is 2. The van der Waals surface area contributed by atoms with Crippen molar-refractivity contribution in [1.29, 1.82) is 5.41 Å². The minimum Gasteiger partial charge on any atom is -0.384 e. The van der Waals surface area contributed by atoms with Crippen LogP contribution >= 0.6 is 0 Å². The molecule has 3 heterocycles. The molecule has 1 atom stereocenters. The van der Waals surface area contributed by atoms with Crippen LogP contribution in [0.25, 0.3) is 0 Å². The zero-order chi connectivity index (χ0) is 14.1. The van der Waals surface area contributed by atoms with Gasteiger partial charge in [0.1, 0.15) is 11.7 Å². The summed E-state index contributed by atoms with van der Waals surface area (Å²) in [7, 11) is 0. The first kappa shape index (κ1) is 13.4. The first-order valence-electron chi connectivity index (χ1n) is 7.45. The van der Waals surface area contributed by atoms with Crippen molar-refractivity contribution >= 4 is 11.7 Å². The second-order valence-corrected chi connectivity index (χ2v) is 5.90. The topological polar surface area (TPSA) is 69.2 Å². The zero-order valence-corrected chi connectivity index (χ0v) is 12.1. The Kier molecular flexibility index (Phi) is 3.61. The van der Waals surface area contributed by atoms with Crippen molar-refractivity contribution in [2.45, 2.75) is 32.2 Å². The van der Waals surface area contributed by atoms with E-state index in [-0.39, 0.29) is 5.84 Å². The number of nitrogens with one attached hydrogen (secondary N) is 1. The summed E-state index contributed by atoms with van der Waals surface area (Å²) < 4.78 is 0. The molecular weight excluding hydrogens is 250 g/mol. The Morgan fingerprint density at radius 2 is 2.10 bits per heavy atom. The number of nitrogen functional groups attached to an aromatic ring is 1. The first-order chi connectivity index (χ1) is 9.63. The van der Waals surface area contributed by atoms with E-state index < -0.39 is 0 Å². The van der Waals surface area contributed by atoms with Gasteiger partial charge in [0.15, 0.2) is 0 Å². The molecule has 5 heteroatoms. The number of amidine groups is 1. The number of fused-ring (bicyclic) bond motifs is 1. The largest absolute Gasteiger partial charge is 0.384 e. The van der Waals surface area contributed by atoms with Crippen molar-refractivity contribution in [1.82, 2.24) is 9.88 Å². The van der Waals surface area contributed by atoms with E-state index in [1.807, 2.05) is 19.1 Å². The predicted octanol–water partition coefficient (Wildman–Crippen LogP) is 1.35. The van der Waals surface area contributed by atoms with Crippen LogP contribution in [-0.4, -0.2) is 47.9 Å². The zero-order valence-electron chi connectivity index (χ0n) is 12.1. The van der Waals surface area contributed by atoms with Crippen molar-refractivity contribution in [2.75, 3.05) is 31.1 Å². The fourth-order valence-corrected chi connectivity index (χ4v) is 3.38. The van der Waals surface area contributed by atoms with Gasteiger partial charge in [0.05, 0.1) is 0 Å². The lowest BCUT2D eigenvalue weighted by molar-refractivity contribution is 0.273. The van der Waals surface area contributed by atoms with Gasteiger partial charge in [-0.05, 0) is 44.9 Å². The molecular formula is C15H23N5. The smallest absolute Gasteiger partial charge is 0.129 e. The van der Waals surface area contributed by atoms with Gasteiger partial charge < -0.3 is 10.6 Å². The highest BCUT2D eigenvalue weighted by molar-refractivity contribution is 5.95. The molecule has 2 fully saturated rings. The van der Waals surface area contributed by atoms with Crippen LogP contribution < -0.4 is 10.6 Å². The van der Waals surface area contributed by atoms with Crippen LogP contribution in [-0.2, 0) is 0 Å². The van der Waals surface area contributed by atoms with Gasteiger partial charge in [0, 0.05) is 36.9 Å². The van der Waals surface area contributed by atoms with Crippen molar-refractivity contribution in [3.05, 3.63) is 23.4 Å². The number of hydrogen-bond acceptors (Lipinski definition) is 4. The maximum absolute atomic E-state index is 7.63. The van der Waals surface area contributed by atoms with Crippen molar-refractivity contribution in [3.63, 3.8) is 0 Å². The van der Waals surface area contributed by atoms with Gasteiger partial charge >= 0.3 is 0 Å². The van der Waals surface area contributed by atoms with Gasteiger partial charge in [-0.1, -0.05) is 0 Å². The summed E-state index contributed by atoms with van der Waals surface area (Å²) in [6.45, 7) is 6.51. The number of rotatable bonds is 2. The highest BCUT2D eigenvalue weighted by Gasteiger charge is 2.29. The van der Waals surface area contributed by atoms with Crippen LogP contribution in [0.4, 0.5) is 5.82 Å². The number of nitrogens with zero attached hydrogens (tertiary/aromatic N) is 3. The fourth-order valence-electron chi connectivity index (χ4n) is 3.38. The van der Waals surface area contributed by atoms with E-state index in [0.717, 1.165) is 30.2 Å². The lowest BCUT2D eigenvalue weighted by Crippen LogP contribution is -2.37. The Balaban J connectivity index is 1.86. The summed E-state index contributed by atoms with van der Waals surface area (Å²) in [5, 5.41) is 7.63. The van der Waals surface area contributed by atoms with Crippen LogP contribution in [0.15, 0.2) is 12.1 Å². The van der Waals surface area contributed by atoms with Crippen LogP contribution in [0.3, 0.4) is 0 Å². The molecule has 0 spiro atoms. The number of anilines is 1. The Hall–Kier alpha value is -1.62. The lowest BCUT2D eigenvalue weighted by atomic mass is 10.2. The van der Waals surface area contributed by atoms with E-state index in [0.29, 0.717) is 6.04 Å². The summed E-state index contributed by atoms with van der Waals surface area (Å²) in [6.07, 6.45) is 3.79. The Labute approximate surface area is 120 Å². The molecule has 2 saturated heterocycles. The molecule has 1 aromatic rings. The van der Waals surface area contributed by atoms with Gasteiger partial charge in [-0.2, -0.15) is 0 Å².